The van der Waals surface area contributed by atoms with Crippen molar-refractivity contribution in [2.24, 2.45) is 5.92 Å². The summed E-state index contributed by atoms with van der Waals surface area (Å²) >= 11 is 3.45. The molecule has 0 saturated carbocycles. The number of ether oxygens (including phenoxy) is 1. The number of nitrogens with zero attached hydrogens (tertiary/aromatic N) is 1. The van der Waals surface area contributed by atoms with Crippen LogP contribution in [0.1, 0.15) is 36.1 Å². The van der Waals surface area contributed by atoms with E-state index in [1.54, 1.807) is 13.1 Å². The molecule has 5 heteroatoms. The number of halogens is 1. The second-order valence-electron chi connectivity index (χ2n) is 4.20. The fraction of sp³-hybridized carbons (Fsp3) is 0.385. The van der Waals surface area contributed by atoms with Crippen molar-refractivity contribution in [3.63, 3.8) is 0 Å². The molecule has 0 amide bonds. The molecule has 2 rings (SSSR count). The summed E-state index contributed by atoms with van der Waals surface area (Å²) in [6.07, 6.45) is 7.94. The van der Waals surface area contributed by atoms with Crippen molar-refractivity contribution < 1.29 is 9.53 Å². The maximum atomic E-state index is 11.5. The van der Waals surface area contributed by atoms with Gasteiger partial charge in [-0.15, -0.1) is 0 Å². The van der Waals surface area contributed by atoms with Crippen LogP contribution in [0.3, 0.4) is 0 Å². The summed E-state index contributed by atoms with van der Waals surface area (Å²) in [4.78, 5) is 18.6. The summed E-state index contributed by atoms with van der Waals surface area (Å²) in [5, 5.41) is 0. The predicted octanol–water partition coefficient (Wildman–Crippen LogP) is 3.15. The van der Waals surface area contributed by atoms with Crippen LogP contribution in [0.15, 0.2) is 28.9 Å². The lowest BCUT2D eigenvalue weighted by molar-refractivity contribution is 0.0513. The van der Waals surface area contributed by atoms with Gasteiger partial charge in [0.1, 0.15) is 0 Å². The number of nitrogens with one attached hydrogen (secondary N) is 1. The maximum absolute atomic E-state index is 11.5. The molecule has 1 aliphatic carbocycles. The van der Waals surface area contributed by atoms with E-state index >= 15 is 0 Å². The Hall–Kier alpha value is -1.36. The monoisotopic (exact) mass is 310 g/mol. The highest BCUT2D eigenvalue weighted by atomic mass is 79.9. The summed E-state index contributed by atoms with van der Waals surface area (Å²) in [7, 11) is 0. The molecule has 0 spiro atoms. The van der Waals surface area contributed by atoms with Crippen molar-refractivity contribution >= 4 is 21.9 Å². The number of hydrogen-bond acceptors (Lipinski definition) is 3. The lowest BCUT2D eigenvalue weighted by Gasteiger charge is -2.20. The van der Waals surface area contributed by atoms with Crippen LogP contribution in [0.2, 0.25) is 0 Å². The topological polar surface area (TPSA) is 55.0 Å². The van der Waals surface area contributed by atoms with Gasteiger partial charge in [0.15, 0.2) is 0 Å². The number of hydrogen-bond donors (Lipinski definition) is 1. The van der Waals surface area contributed by atoms with Crippen molar-refractivity contribution in [1.29, 1.82) is 0 Å². The van der Waals surface area contributed by atoms with E-state index in [2.05, 4.69) is 45.0 Å². The van der Waals surface area contributed by atoms with Crippen LogP contribution >= 0.6 is 15.9 Å². The van der Waals surface area contributed by atoms with Gasteiger partial charge in [-0.25, -0.2) is 9.78 Å². The number of rotatable bonds is 3. The third-order valence-corrected chi connectivity index (χ3v) is 3.40. The Morgan fingerprint density at radius 1 is 1.61 bits per heavy atom. The van der Waals surface area contributed by atoms with Crippen molar-refractivity contribution in [3.05, 3.63) is 40.4 Å². The number of esters is 1. The minimum Gasteiger partial charge on any atom is -0.460 e. The predicted molar refractivity (Wildman–Crippen MR) is 72.6 cm³/mol. The van der Waals surface area contributed by atoms with E-state index in [0.29, 0.717) is 12.5 Å². The van der Waals surface area contributed by atoms with Gasteiger partial charge in [-0.05, 0) is 12.8 Å². The third-order valence-electron chi connectivity index (χ3n) is 2.87. The molecule has 96 valence electrons. The molecule has 2 unspecified atom stereocenters. The summed E-state index contributed by atoms with van der Waals surface area (Å²) in [5.41, 5.74) is 0.929. The van der Waals surface area contributed by atoms with Gasteiger partial charge in [0.25, 0.3) is 0 Å². The molecule has 4 nitrogen and oxygen atoms in total. The highest BCUT2D eigenvalue weighted by molar-refractivity contribution is 9.11. The first kappa shape index (κ1) is 13.1. The number of allylic oxidation sites excluding steroid dienone is 4. The van der Waals surface area contributed by atoms with Crippen LogP contribution in [0.25, 0.3) is 0 Å². The van der Waals surface area contributed by atoms with Crippen molar-refractivity contribution in [1.82, 2.24) is 9.97 Å². The van der Waals surface area contributed by atoms with Gasteiger partial charge in [-0.1, -0.05) is 41.1 Å². The molecule has 0 aliphatic heterocycles. The molecule has 1 N–H and O–H groups in total. The second kappa shape index (κ2) is 5.52. The minimum atomic E-state index is -0.409. The molecule has 18 heavy (non-hydrogen) atoms. The number of carbonyl (C=O) groups excluding carboxylic acids is 1. The SMILES string of the molecule is CCOC(=O)c1ncc(C2C=CC(Br)=CC2C)[nH]1. The Kier molecular flexibility index (Phi) is 4.01. The number of aromatic nitrogens is 2. The van der Waals surface area contributed by atoms with Crippen LogP contribution in [0.5, 0.6) is 0 Å². The number of carbonyl (C=O) groups is 1. The van der Waals surface area contributed by atoms with Gasteiger partial charge < -0.3 is 9.72 Å². The van der Waals surface area contributed by atoms with E-state index in [4.69, 9.17) is 4.74 Å². The molecule has 1 aliphatic rings. The van der Waals surface area contributed by atoms with E-state index in [-0.39, 0.29) is 11.7 Å². The summed E-state index contributed by atoms with van der Waals surface area (Å²) < 4.78 is 5.98. The van der Waals surface area contributed by atoms with Crippen molar-refractivity contribution in [2.75, 3.05) is 6.61 Å². The first-order chi connectivity index (χ1) is 8.61. The van der Waals surface area contributed by atoms with E-state index in [0.717, 1.165) is 10.2 Å². The molecule has 2 atom stereocenters. The Morgan fingerprint density at radius 3 is 3.06 bits per heavy atom. The highest BCUT2D eigenvalue weighted by Crippen LogP contribution is 2.32. The minimum absolute atomic E-state index is 0.210. The van der Waals surface area contributed by atoms with Gasteiger partial charge >= 0.3 is 5.97 Å². The molecule has 0 bridgehead atoms. The first-order valence-electron chi connectivity index (χ1n) is 5.89. The van der Waals surface area contributed by atoms with Crippen LogP contribution in [0.4, 0.5) is 0 Å². The Morgan fingerprint density at radius 2 is 2.39 bits per heavy atom. The fourth-order valence-corrected chi connectivity index (χ4v) is 2.55. The molecular formula is C13H15BrN2O2. The van der Waals surface area contributed by atoms with Gasteiger partial charge in [0.2, 0.25) is 5.82 Å². The zero-order chi connectivity index (χ0) is 13.1. The van der Waals surface area contributed by atoms with Crippen LogP contribution in [0, 0.1) is 5.92 Å². The van der Waals surface area contributed by atoms with Crippen molar-refractivity contribution in [2.45, 2.75) is 19.8 Å². The third kappa shape index (κ3) is 2.72. The molecule has 0 saturated heterocycles. The normalized spacial score (nSPS) is 22.7. The standard InChI is InChI=1S/C13H15BrN2O2/c1-3-18-13(17)12-15-7-11(16-12)10-5-4-9(14)6-8(10)2/h4-8,10H,3H2,1-2H3,(H,15,16). The average Bonchev–Trinajstić information content (AvgIpc) is 2.78. The molecule has 1 heterocycles. The fourth-order valence-electron chi connectivity index (χ4n) is 1.98. The Bertz CT molecular complexity index is 505. The number of aromatic amines is 1. The van der Waals surface area contributed by atoms with E-state index in [9.17, 15) is 4.79 Å². The molecule has 0 aromatic carbocycles. The molecule has 0 fully saturated rings. The quantitative estimate of drug-likeness (QED) is 0.873. The van der Waals surface area contributed by atoms with E-state index in [1.807, 2.05) is 6.08 Å². The van der Waals surface area contributed by atoms with Gasteiger partial charge in [0.05, 0.1) is 6.61 Å². The van der Waals surface area contributed by atoms with E-state index in [1.165, 1.54) is 0 Å². The molecule has 0 radical (unpaired) electrons. The van der Waals surface area contributed by atoms with E-state index < -0.39 is 5.97 Å². The number of imidazole rings is 1. The lowest BCUT2D eigenvalue weighted by Crippen LogP contribution is -2.10. The van der Waals surface area contributed by atoms with Crippen LogP contribution < -0.4 is 0 Å². The van der Waals surface area contributed by atoms with Gasteiger partial charge in [-0.3, -0.25) is 0 Å². The Labute approximate surface area is 114 Å². The summed E-state index contributed by atoms with van der Waals surface area (Å²) in [5.74, 6) is 0.413. The molecule has 1 aromatic heterocycles. The first-order valence-corrected chi connectivity index (χ1v) is 6.68. The van der Waals surface area contributed by atoms with Gasteiger partial charge in [-0.2, -0.15) is 0 Å². The number of H-pyrrole nitrogens is 1. The van der Waals surface area contributed by atoms with Crippen LogP contribution in [-0.4, -0.2) is 22.5 Å². The van der Waals surface area contributed by atoms with Gasteiger partial charge in [0, 0.05) is 22.3 Å². The van der Waals surface area contributed by atoms with Crippen molar-refractivity contribution in [3.8, 4) is 0 Å². The smallest absolute Gasteiger partial charge is 0.374 e. The zero-order valence-electron chi connectivity index (χ0n) is 10.3. The Balaban J connectivity index is 2.16. The summed E-state index contributed by atoms with van der Waals surface area (Å²) in [6.45, 7) is 4.25. The molecular weight excluding hydrogens is 296 g/mol. The summed E-state index contributed by atoms with van der Waals surface area (Å²) in [6, 6.07) is 0. The highest BCUT2D eigenvalue weighted by Gasteiger charge is 2.21. The average molecular weight is 311 g/mol. The maximum Gasteiger partial charge on any atom is 0.374 e. The van der Waals surface area contributed by atoms with Crippen LogP contribution in [-0.2, 0) is 4.74 Å². The largest absolute Gasteiger partial charge is 0.460 e. The lowest BCUT2D eigenvalue weighted by atomic mass is 9.88. The molecule has 1 aromatic rings. The second-order valence-corrected chi connectivity index (χ2v) is 5.12. The zero-order valence-corrected chi connectivity index (χ0v) is 11.9.